The number of β-amino-alcohol motifs (C(OH)–C–C–N with tert-alkyl or cyclic N) is 1. The molecule has 1 atom stereocenters. The molecular weight excluding hydrogens is 597 g/mol. The van der Waals surface area contributed by atoms with Gasteiger partial charge >= 0.3 is 12.1 Å². The van der Waals surface area contributed by atoms with Gasteiger partial charge in [0, 0.05) is 67.9 Å². The average Bonchev–Trinajstić information content (AvgIpc) is 3.36. The molecule has 1 aliphatic rings. The van der Waals surface area contributed by atoms with Gasteiger partial charge < -0.3 is 24.3 Å². The van der Waals surface area contributed by atoms with E-state index in [1.165, 1.54) is 34.9 Å². The van der Waals surface area contributed by atoms with Gasteiger partial charge in [-0.3, -0.25) is 24.8 Å². The Balaban J connectivity index is 1.38. The SMILES string of the molecule is COc1cc(CC(=O)O)ccc1OC1CCN(CC(O)(c2cn(Cc3cccnc3)c3cc([N+](=O)[O-])ccc23)C(F)(F)F)CC1. The van der Waals surface area contributed by atoms with Crippen molar-refractivity contribution in [1.29, 1.82) is 0 Å². The molecule has 3 heterocycles. The van der Waals surface area contributed by atoms with Crippen LogP contribution in [-0.2, 0) is 23.4 Å². The molecule has 1 saturated heterocycles. The highest BCUT2D eigenvalue weighted by molar-refractivity contribution is 5.87. The minimum Gasteiger partial charge on any atom is -0.493 e. The van der Waals surface area contributed by atoms with E-state index in [0.29, 0.717) is 35.5 Å². The second kappa shape index (κ2) is 12.7. The van der Waals surface area contributed by atoms with Gasteiger partial charge in [0.15, 0.2) is 11.5 Å². The fraction of sp³-hybridized carbons (Fsp3) is 0.355. The molecule has 0 aliphatic carbocycles. The number of methoxy groups -OCH3 is 1. The third kappa shape index (κ3) is 6.86. The van der Waals surface area contributed by atoms with Gasteiger partial charge in [-0.25, -0.2) is 0 Å². The van der Waals surface area contributed by atoms with Crippen LogP contribution in [0.25, 0.3) is 10.9 Å². The first-order valence-electron chi connectivity index (χ1n) is 14.1. The zero-order valence-electron chi connectivity index (χ0n) is 24.2. The molecule has 0 amide bonds. The Hall–Kier alpha value is -4.69. The third-order valence-electron chi connectivity index (χ3n) is 7.93. The maximum atomic E-state index is 14.8. The molecule has 1 aliphatic heterocycles. The van der Waals surface area contributed by atoms with E-state index >= 15 is 0 Å². The van der Waals surface area contributed by atoms with Crippen LogP contribution in [0, 0.1) is 10.1 Å². The summed E-state index contributed by atoms with van der Waals surface area (Å²) in [5.74, 6) is -0.241. The van der Waals surface area contributed by atoms with Crippen molar-refractivity contribution >= 4 is 22.6 Å². The lowest BCUT2D eigenvalue weighted by Crippen LogP contribution is -2.53. The fourth-order valence-corrected chi connectivity index (χ4v) is 5.65. The molecule has 2 N–H and O–H groups in total. The summed E-state index contributed by atoms with van der Waals surface area (Å²) in [4.78, 5) is 27.5. The van der Waals surface area contributed by atoms with Crippen LogP contribution in [0.15, 0.2) is 67.1 Å². The minimum atomic E-state index is -5.07. The van der Waals surface area contributed by atoms with Crippen LogP contribution in [0.5, 0.6) is 11.5 Å². The summed E-state index contributed by atoms with van der Waals surface area (Å²) < 4.78 is 57.3. The Kier molecular flexibility index (Phi) is 8.98. The Morgan fingerprint density at radius 3 is 2.49 bits per heavy atom. The zero-order valence-corrected chi connectivity index (χ0v) is 24.2. The number of nitro benzene ring substituents is 1. The lowest BCUT2D eigenvalue weighted by Gasteiger charge is -2.39. The van der Waals surface area contributed by atoms with Crippen molar-refractivity contribution in [3.63, 3.8) is 0 Å². The molecule has 1 fully saturated rings. The smallest absolute Gasteiger partial charge is 0.422 e. The third-order valence-corrected chi connectivity index (χ3v) is 7.93. The predicted molar refractivity (Wildman–Crippen MR) is 156 cm³/mol. The number of ether oxygens (including phenoxy) is 2. The van der Waals surface area contributed by atoms with E-state index in [2.05, 4.69) is 4.98 Å². The largest absolute Gasteiger partial charge is 0.493 e. The first-order chi connectivity index (χ1) is 21.4. The molecule has 11 nitrogen and oxygen atoms in total. The minimum absolute atomic E-state index is 0.0565. The van der Waals surface area contributed by atoms with Crippen molar-refractivity contribution < 1.29 is 42.6 Å². The predicted octanol–water partition coefficient (Wildman–Crippen LogP) is 4.92. The quantitative estimate of drug-likeness (QED) is 0.175. The van der Waals surface area contributed by atoms with Crippen LogP contribution in [0.3, 0.4) is 0 Å². The number of rotatable bonds is 11. The summed E-state index contributed by atoms with van der Waals surface area (Å²) in [6.07, 6.45) is -0.557. The van der Waals surface area contributed by atoms with E-state index in [0.717, 1.165) is 6.07 Å². The number of aliphatic hydroxyl groups is 1. The second-order valence-electron chi connectivity index (χ2n) is 11.0. The first-order valence-corrected chi connectivity index (χ1v) is 14.1. The number of benzene rings is 2. The van der Waals surface area contributed by atoms with Crippen LogP contribution in [0.4, 0.5) is 18.9 Å². The molecule has 5 rings (SSSR count). The summed E-state index contributed by atoms with van der Waals surface area (Å²) >= 11 is 0. The highest BCUT2D eigenvalue weighted by Gasteiger charge is 2.57. The van der Waals surface area contributed by atoms with Crippen LogP contribution >= 0.6 is 0 Å². The van der Waals surface area contributed by atoms with Crippen LogP contribution in [0.1, 0.15) is 29.5 Å². The number of nitro groups is 1. The van der Waals surface area contributed by atoms with Crippen LogP contribution < -0.4 is 9.47 Å². The standard InChI is InChI=1S/C31H31F3N4O7/c1-44-28-13-20(14-29(39)40)4-7-27(28)45-23-8-11-36(12-9-23)19-30(41,31(32,33)34)25-18-37(17-21-3-2-10-35-16-21)26-15-22(38(42)43)5-6-24(25)26/h2-7,10,13,15-16,18,23,41H,8-9,11-12,14,17,19H2,1H3,(H,39,40). The van der Waals surface area contributed by atoms with Gasteiger partial charge in [-0.05, 0) is 48.2 Å². The van der Waals surface area contributed by atoms with E-state index in [1.807, 2.05) is 0 Å². The number of nitrogens with zero attached hydrogens (tertiary/aromatic N) is 4. The maximum Gasteiger partial charge on any atom is 0.422 e. The Morgan fingerprint density at radius 2 is 1.87 bits per heavy atom. The number of carbonyl (C=O) groups is 1. The number of fused-ring (bicyclic) bond motifs is 1. The van der Waals surface area contributed by atoms with E-state index in [4.69, 9.17) is 14.6 Å². The van der Waals surface area contributed by atoms with Gasteiger partial charge in [-0.2, -0.15) is 13.2 Å². The van der Waals surface area contributed by atoms with Crippen molar-refractivity contribution in [2.24, 2.45) is 0 Å². The number of hydrogen-bond acceptors (Lipinski definition) is 8. The van der Waals surface area contributed by atoms with Crippen LogP contribution in [-0.4, -0.2) is 74.6 Å². The molecule has 0 bridgehead atoms. The molecule has 238 valence electrons. The van der Waals surface area contributed by atoms with Crippen molar-refractivity contribution in [3.05, 3.63) is 93.9 Å². The number of halogens is 3. The zero-order chi connectivity index (χ0) is 32.4. The summed E-state index contributed by atoms with van der Waals surface area (Å²) in [6.45, 7) is -0.271. The molecular formula is C31H31F3N4O7. The lowest BCUT2D eigenvalue weighted by atomic mass is 9.91. The molecule has 2 aromatic carbocycles. The van der Waals surface area contributed by atoms with Gasteiger partial charge in [0.2, 0.25) is 5.60 Å². The van der Waals surface area contributed by atoms with Gasteiger partial charge in [-0.15, -0.1) is 0 Å². The van der Waals surface area contributed by atoms with Crippen molar-refractivity contribution in [3.8, 4) is 11.5 Å². The van der Waals surface area contributed by atoms with Crippen molar-refractivity contribution in [2.45, 2.75) is 43.7 Å². The molecule has 45 heavy (non-hydrogen) atoms. The number of aromatic nitrogens is 2. The summed E-state index contributed by atoms with van der Waals surface area (Å²) in [6, 6.07) is 11.8. The second-order valence-corrected chi connectivity index (χ2v) is 11.0. The van der Waals surface area contributed by atoms with Gasteiger partial charge in [0.25, 0.3) is 5.69 Å². The molecule has 14 heteroatoms. The van der Waals surface area contributed by atoms with E-state index in [1.54, 1.807) is 42.7 Å². The van der Waals surface area contributed by atoms with E-state index < -0.39 is 34.8 Å². The Morgan fingerprint density at radius 1 is 1.11 bits per heavy atom. The first kappa shape index (κ1) is 31.7. The van der Waals surface area contributed by atoms with E-state index in [-0.39, 0.29) is 48.7 Å². The summed E-state index contributed by atoms with van der Waals surface area (Å²) in [5.41, 5.74) is -2.58. The maximum absolute atomic E-state index is 14.8. The number of piperidine rings is 1. The number of likely N-dealkylation sites (tertiary alicyclic amines) is 1. The average molecular weight is 629 g/mol. The fourth-order valence-electron chi connectivity index (χ4n) is 5.65. The number of non-ortho nitro benzene ring substituents is 1. The van der Waals surface area contributed by atoms with Gasteiger partial charge in [0.05, 0.1) is 24.0 Å². The Labute approximate surface area is 255 Å². The molecule has 2 aromatic heterocycles. The highest BCUT2D eigenvalue weighted by atomic mass is 19.4. The number of hydrogen-bond donors (Lipinski definition) is 2. The molecule has 0 spiro atoms. The lowest BCUT2D eigenvalue weighted by molar-refractivity contribution is -0.384. The normalized spacial score (nSPS) is 15.9. The van der Waals surface area contributed by atoms with Crippen LogP contribution in [0.2, 0.25) is 0 Å². The summed E-state index contributed by atoms with van der Waals surface area (Å²) in [5, 5.41) is 32.0. The summed E-state index contributed by atoms with van der Waals surface area (Å²) in [7, 11) is 1.43. The molecule has 1 unspecified atom stereocenters. The number of carboxylic acids is 1. The molecule has 0 radical (unpaired) electrons. The highest BCUT2D eigenvalue weighted by Crippen LogP contribution is 2.44. The Bertz CT molecular complexity index is 1690. The molecule has 4 aromatic rings. The molecule has 0 saturated carbocycles. The number of carboxylic acid groups (broad SMARTS) is 1. The monoisotopic (exact) mass is 628 g/mol. The topological polar surface area (TPSA) is 140 Å². The van der Waals surface area contributed by atoms with Gasteiger partial charge in [-0.1, -0.05) is 12.1 Å². The van der Waals surface area contributed by atoms with Crippen molar-refractivity contribution in [2.75, 3.05) is 26.7 Å². The number of alkyl halides is 3. The number of pyridine rings is 1. The van der Waals surface area contributed by atoms with Gasteiger partial charge in [0.1, 0.15) is 6.10 Å². The van der Waals surface area contributed by atoms with Crippen molar-refractivity contribution in [1.82, 2.24) is 14.5 Å². The van der Waals surface area contributed by atoms with E-state index in [9.17, 15) is 33.2 Å². The number of aliphatic carboxylic acids is 1.